The molecule has 1 N–H and O–H groups in total. The third kappa shape index (κ3) is 4.37. The summed E-state index contributed by atoms with van der Waals surface area (Å²) in [4.78, 5) is 16.5. The van der Waals surface area contributed by atoms with Gasteiger partial charge in [0.2, 0.25) is 5.91 Å². The molecule has 8 nitrogen and oxygen atoms in total. The van der Waals surface area contributed by atoms with E-state index in [4.69, 9.17) is 21.1 Å². The molecule has 0 saturated carbocycles. The summed E-state index contributed by atoms with van der Waals surface area (Å²) in [5.74, 6) is 1.49. The molecule has 1 aromatic carbocycles. The van der Waals surface area contributed by atoms with Crippen LogP contribution in [0.2, 0.25) is 5.02 Å². The van der Waals surface area contributed by atoms with E-state index in [0.29, 0.717) is 33.2 Å². The average molecular weight is 420 g/mol. The Hall–Kier alpha value is -2.78. The number of hydrogen-bond donors (Lipinski definition) is 1. The second kappa shape index (κ2) is 8.94. The van der Waals surface area contributed by atoms with Gasteiger partial charge >= 0.3 is 0 Å². The normalized spacial score (nSPS) is 10.6. The van der Waals surface area contributed by atoms with Gasteiger partial charge in [0.25, 0.3) is 0 Å². The summed E-state index contributed by atoms with van der Waals surface area (Å²) in [7, 11) is 4.85. The summed E-state index contributed by atoms with van der Waals surface area (Å²) < 4.78 is 12.3. The number of aromatic nitrogens is 4. The topological polar surface area (TPSA) is 91.2 Å². The van der Waals surface area contributed by atoms with E-state index in [1.807, 2.05) is 23.7 Å². The SMILES string of the molecule is COc1cc(NC(=O)CSc2nnc(-c3cccnc3)n2C)c(OC)cc1Cl. The van der Waals surface area contributed by atoms with Crippen LogP contribution in [0.25, 0.3) is 11.4 Å². The van der Waals surface area contributed by atoms with E-state index in [1.165, 1.54) is 26.0 Å². The Morgan fingerprint density at radius 3 is 2.71 bits per heavy atom. The molecule has 0 unspecified atom stereocenters. The number of carbonyl (C=O) groups is 1. The minimum Gasteiger partial charge on any atom is -0.495 e. The summed E-state index contributed by atoms with van der Waals surface area (Å²) in [6.45, 7) is 0. The van der Waals surface area contributed by atoms with Crippen molar-refractivity contribution in [1.29, 1.82) is 0 Å². The number of hydrogen-bond acceptors (Lipinski definition) is 7. The number of amides is 1. The van der Waals surface area contributed by atoms with Gasteiger partial charge in [0.15, 0.2) is 11.0 Å². The zero-order chi connectivity index (χ0) is 20.1. The molecule has 2 aromatic heterocycles. The molecule has 0 fully saturated rings. The predicted octanol–water partition coefficient (Wildman–Crippen LogP) is 3.28. The van der Waals surface area contributed by atoms with Crippen molar-refractivity contribution < 1.29 is 14.3 Å². The maximum absolute atomic E-state index is 12.4. The van der Waals surface area contributed by atoms with Crippen molar-refractivity contribution in [2.75, 3.05) is 25.3 Å². The van der Waals surface area contributed by atoms with Crippen molar-refractivity contribution >= 4 is 35.0 Å². The maximum atomic E-state index is 12.4. The van der Waals surface area contributed by atoms with E-state index in [2.05, 4.69) is 20.5 Å². The van der Waals surface area contributed by atoms with Crippen LogP contribution in [0.4, 0.5) is 5.69 Å². The van der Waals surface area contributed by atoms with Crippen LogP contribution in [0.5, 0.6) is 11.5 Å². The Morgan fingerprint density at radius 2 is 2.04 bits per heavy atom. The number of nitrogens with one attached hydrogen (secondary N) is 1. The van der Waals surface area contributed by atoms with E-state index in [1.54, 1.807) is 24.5 Å². The maximum Gasteiger partial charge on any atom is 0.234 e. The molecule has 0 aliphatic rings. The lowest BCUT2D eigenvalue weighted by molar-refractivity contribution is -0.113. The van der Waals surface area contributed by atoms with Crippen molar-refractivity contribution in [3.05, 3.63) is 41.7 Å². The van der Waals surface area contributed by atoms with Gasteiger partial charge in [-0.05, 0) is 12.1 Å². The largest absolute Gasteiger partial charge is 0.495 e. The summed E-state index contributed by atoms with van der Waals surface area (Å²) in [5, 5.41) is 12.1. The summed E-state index contributed by atoms with van der Waals surface area (Å²) in [6, 6.07) is 6.94. The van der Waals surface area contributed by atoms with E-state index in [-0.39, 0.29) is 11.7 Å². The molecule has 3 rings (SSSR count). The average Bonchev–Trinajstić information content (AvgIpc) is 3.08. The molecule has 2 heterocycles. The molecule has 28 heavy (non-hydrogen) atoms. The second-order valence-corrected chi connectivity index (χ2v) is 6.98. The highest BCUT2D eigenvalue weighted by Crippen LogP contribution is 2.36. The molecule has 146 valence electrons. The van der Waals surface area contributed by atoms with Crippen LogP contribution in [0.3, 0.4) is 0 Å². The van der Waals surface area contributed by atoms with Gasteiger partial charge in [0.1, 0.15) is 11.5 Å². The quantitative estimate of drug-likeness (QED) is 0.587. The van der Waals surface area contributed by atoms with Crippen LogP contribution in [0, 0.1) is 0 Å². The molecule has 0 atom stereocenters. The van der Waals surface area contributed by atoms with Crippen molar-refractivity contribution in [3.63, 3.8) is 0 Å². The monoisotopic (exact) mass is 419 g/mol. The first-order valence-electron chi connectivity index (χ1n) is 8.17. The number of benzene rings is 1. The number of ether oxygens (including phenoxy) is 2. The highest BCUT2D eigenvalue weighted by molar-refractivity contribution is 7.99. The fraction of sp³-hybridized carbons (Fsp3) is 0.222. The first-order chi connectivity index (χ1) is 13.5. The van der Waals surface area contributed by atoms with Crippen LogP contribution in [0.1, 0.15) is 0 Å². The van der Waals surface area contributed by atoms with E-state index in [9.17, 15) is 4.79 Å². The molecular formula is C18H18ClN5O3S. The van der Waals surface area contributed by atoms with Gasteiger partial charge in [-0.1, -0.05) is 23.4 Å². The van der Waals surface area contributed by atoms with Crippen molar-refractivity contribution in [2.24, 2.45) is 7.05 Å². The van der Waals surface area contributed by atoms with Crippen LogP contribution in [-0.2, 0) is 11.8 Å². The molecule has 0 spiro atoms. The number of rotatable bonds is 7. The second-order valence-electron chi connectivity index (χ2n) is 5.63. The zero-order valence-corrected chi connectivity index (χ0v) is 17.0. The molecule has 0 radical (unpaired) electrons. The first kappa shape index (κ1) is 20.0. The Bertz CT molecular complexity index is 981. The van der Waals surface area contributed by atoms with E-state index < -0.39 is 0 Å². The van der Waals surface area contributed by atoms with Gasteiger partial charge in [0, 0.05) is 37.1 Å². The van der Waals surface area contributed by atoms with Crippen molar-refractivity contribution in [1.82, 2.24) is 19.7 Å². The van der Waals surface area contributed by atoms with Crippen LogP contribution in [0.15, 0.2) is 41.8 Å². The smallest absolute Gasteiger partial charge is 0.234 e. The predicted molar refractivity (Wildman–Crippen MR) is 108 cm³/mol. The minimum absolute atomic E-state index is 0.146. The van der Waals surface area contributed by atoms with E-state index >= 15 is 0 Å². The van der Waals surface area contributed by atoms with Gasteiger partial charge in [-0.3, -0.25) is 9.78 Å². The molecule has 0 bridgehead atoms. The van der Waals surface area contributed by atoms with Gasteiger partial charge in [-0.25, -0.2) is 0 Å². The lowest BCUT2D eigenvalue weighted by atomic mass is 10.2. The molecule has 3 aromatic rings. The number of thioether (sulfide) groups is 1. The van der Waals surface area contributed by atoms with Gasteiger partial charge in [-0.15, -0.1) is 10.2 Å². The number of methoxy groups -OCH3 is 2. The molecule has 10 heteroatoms. The van der Waals surface area contributed by atoms with Crippen molar-refractivity contribution in [2.45, 2.75) is 5.16 Å². The Morgan fingerprint density at radius 1 is 1.25 bits per heavy atom. The summed E-state index contributed by atoms with van der Waals surface area (Å²) >= 11 is 7.36. The third-order valence-corrected chi connectivity index (χ3v) is 5.15. The lowest BCUT2D eigenvalue weighted by Gasteiger charge is -2.13. The molecule has 0 aliphatic heterocycles. The minimum atomic E-state index is -0.224. The molecule has 1 amide bonds. The molecule has 0 aliphatic carbocycles. The Kier molecular flexibility index (Phi) is 6.37. The van der Waals surface area contributed by atoms with Gasteiger partial charge in [-0.2, -0.15) is 0 Å². The fourth-order valence-electron chi connectivity index (χ4n) is 2.46. The van der Waals surface area contributed by atoms with E-state index in [0.717, 1.165) is 5.56 Å². The standard InChI is InChI=1S/C18H18ClN5O3S/c1-24-17(11-5-4-6-20-9-11)22-23-18(24)28-10-16(25)21-13-8-14(26-2)12(19)7-15(13)27-3/h4-9H,10H2,1-3H3,(H,21,25). The number of halogens is 1. The highest BCUT2D eigenvalue weighted by atomic mass is 35.5. The number of nitrogens with zero attached hydrogens (tertiary/aromatic N) is 4. The van der Waals surface area contributed by atoms with Gasteiger partial charge < -0.3 is 19.4 Å². The zero-order valence-electron chi connectivity index (χ0n) is 15.5. The fourth-order valence-corrected chi connectivity index (χ4v) is 3.40. The summed E-state index contributed by atoms with van der Waals surface area (Å²) in [5.41, 5.74) is 1.33. The van der Waals surface area contributed by atoms with Crippen molar-refractivity contribution in [3.8, 4) is 22.9 Å². The van der Waals surface area contributed by atoms with Crippen LogP contribution in [-0.4, -0.2) is 45.6 Å². The highest BCUT2D eigenvalue weighted by Gasteiger charge is 2.15. The first-order valence-corrected chi connectivity index (χ1v) is 9.53. The number of anilines is 1. The Labute approximate surface area is 171 Å². The summed E-state index contributed by atoms with van der Waals surface area (Å²) in [6.07, 6.45) is 3.41. The molecule has 0 saturated heterocycles. The number of pyridine rings is 1. The molecular weight excluding hydrogens is 402 g/mol. The van der Waals surface area contributed by atoms with Gasteiger partial charge in [0.05, 0.1) is 30.7 Å². The lowest BCUT2D eigenvalue weighted by Crippen LogP contribution is -2.15. The van der Waals surface area contributed by atoms with Crippen LogP contribution >= 0.6 is 23.4 Å². The third-order valence-electron chi connectivity index (χ3n) is 3.84. The Balaban J connectivity index is 1.68. The number of carbonyl (C=O) groups excluding carboxylic acids is 1. The van der Waals surface area contributed by atoms with Crippen LogP contribution < -0.4 is 14.8 Å².